The molecule has 0 aliphatic rings. The highest BCUT2D eigenvalue weighted by molar-refractivity contribution is 6.27. The van der Waals surface area contributed by atoms with Crippen molar-refractivity contribution in [1.29, 1.82) is 0 Å². The lowest BCUT2D eigenvalue weighted by molar-refractivity contribution is 1.66. The van der Waals surface area contributed by atoms with Crippen LogP contribution in [0.15, 0.2) is 158 Å². The topological polar surface area (TPSA) is 0 Å². The molecule has 0 aliphatic heterocycles. The predicted octanol–water partition coefficient (Wildman–Crippen LogP) is 11.9. The van der Waals surface area contributed by atoms with Crippen LogP contribution in [0.2, 0.25) is 0 Å². The lowest BCUT2D eigenvalue weighted by Crippen LogP contribution is -1.92. The minimum atomic E-state index is 1.24. The molecular formula is C42H26. The summed E-state index contributed by atoms with van der Waals surface area (Å²) in [4.78, 5) is 0. The Labute approximate surface area is 244 Å². The zero-order valence-corrected chi connectivity index (χ0v) is 23.0. The van der Waals surface area contributed by atoms with Gasteiger partial charge in [0.25, 0.3) is 0 Å². The van der Waals surface area contributed by atoms with E-state index in [1.807, 2.05) is 0 Å². The first kappa shape index (κ1) is 23.3. The smallest absolute Gasteiger partial charge is 0.00259 e. The van der Waals surface area contributed by atoms with E-state index in [1.165, 1.54) is 86.9 Å². The summed E-state index contributed by atoms with van der Waals surface area (Å²) >= 11 is 0. The molecular weight excluding hydrogens is 504 g/mol. The molecule has 0 bridgehead atoms. The molecule has 9 rings (SSSR count). The Morgan fingerprint density at radius 1 is 0.214 bits per heavy atom. The third kappa shape index (κ3) is 3.49. The van der Waals surface area contributed by atoms with Gasteiger partial charge < -0.3 is 0 Å². The number of hydrogen-bond acceptors (Lipinski definition) is 0. The van der Waals surface area contributed by atoms with E-state index in [9.17, 15) is 0 Å². The van der Waals surface area contributed by atoms with Crippen LogP contribution in [0.1, 0.15) is 0 Å². The average molecular weight is 531 g/mol. The quantitative estimate of drug-likeness (QED) is 0.154. The molecule has 0 N–H and O–H groups in total. The molecule has 0 heterocycles. The Balaban J connectivity index is 1.55. The van der Waals surface area contributed by atoms with Crippen molar-refractivity contribution in [2.45, 2.75) is 0 Å². The van der Waals surface area contributed by atoms with Gasteiger partial charge in [0.2, 0.25) is 0 Å². The van der Waals surface area contributed by atoms with Crippen molar-refractivity contribution in [3.05, 3.63) is 158 Å². The van der Waals surface area contributed by atoms with Crippen molar-refractivity contribution in [3.8, 4) is 22.3 Å². The van der Waals surface area contributed by atoms with E-state index in [0.29, 0.717) is 0 Å². The van der Waals surface area contributed by atoms with Gasteiger partial charge in [-0.25, -0.2) is 0 Å². The second-order valence-corrected chi connectivity index (χ2v) is 11.3. The van der Waals surface area contributed by atoms with E-state index in [2.05, 4.69) is 158 Å². The summed E-state index contributed by atoms with van der Waals surface area (Å²) in [5.74, 6) is 0. The van der Waals surface area contributed by atoms with Gasteiger partial charge in [0.05, 0.1) is 0 Å². The van der Waals surface area contributed by atoms with E-state index in [1.54, 1.807) is 0 Å². The van der Waals surface area contributed by atoms with E-state index in [4.69, 9.17) is 0 Å². The monoisotopic (exact) mass is 530 g/mol. The molecule has 9 aromatic rings. The minimum Gasteiger partial charge on any atom is -0.0622 e. The fraction of sp³-hybridized carbons (Fsp3) is 0. The van der Waals surface area contributed by atoms with Crippen LogP contribution in [0.5, 0.6) is 0 Å². The summed E-state index contributed by atoms with van der Waals surface area (Å²) in [6, 6.07) is 58.2. The van der Waals surface area contributed by atoms with E-state index in [0.717, 1.165) is 0 Å². The number of benzene rings is 9. The van der Waals surface area contributed by atoms with Crippen molar-refractivity contribution in [1.82, 2.24) is 0 Å². The van der Waals surface area contributed by atoms with Crippen molar-refractivity contribution in [3.63, 3.8) is 0 Å². The molecule has 0 heteroatoms. The number of rotatable bonds is 2. The second-order valence-electron chi connectivity index (χ2n) is 11.3. The van der Waals surface area contributed by atoms with Crippen LogP contribution in [-0.2, 0) is 0 Å². The van der Waals surface area contributed by atoms with Crippen LogP contribution in [-0.4, -0.2) is 0 Å². The molecule has 0 saturated heterocycles. The Morgan fingerprint density at radius 2 is 0.643 bits per heavy atom. The summed E-state index contributed by atoms with van der Waals surface area (Å²) in [5.41, 5.74) is 5.08. The Hall–Kier alpha value is -5.46. The maximum atomic E-state index is 2.45. The fourth-order valence-electron chi connectivity index (χ4n) is 7.00. The predicted molar refractivity (Wildman–Crippen MR) is 182 cm³/mol. The van der Waals surface area contributed by atoms with E-state index in [-0.39, 0.29) is 0 Å². The van der Waals surface area contributed by atoms with Gasteiger partial charge in [-0.2, -0.15) is 0 Å². The molecule has 0 radical (unpaired) electrons. The summed E-state index contributed by atoms with van der Waals surface area (Å²) < 4.78 is 0. The molecule has 42 heavy (non-hydrogen) atoms. The standard InChI is InChI=1S/C42H26/c1-3-12-28(13-4-1)41-37-23-32-20-19-27-11-9-10-18-35(27)36(32)26-40(37)42(29-14-5-2-6-15-29)39-25-34-22-31-17-8-7-16-30(31)21-33(34)24-38(39)41/h1-26H. The number of fused-ring (bicyclic) bond motifs is 7. The lowest BCUT2D eigenvalue weighted by atomic mass is 9.83. The molecule has 9 aromatic carbocycles. The first-order valence-electron chi connectivity index (χ1n) is 14.6. The molecule has 0 unspecified atom stereocenters. The minimum absolute atomic E-state index is 1.24. The molecule has 194 valence electrons. The van der Waals surface area contributed by atoms with Crippen molar-refractivity contribution in [2.24, 2.45) is 0 Å². The summed E-state index contributed by atoms with van der Waals surface area (Å²) in [5, 5.41) is 15.4. The second kappa shape index (κ2) is 9.03. The first-order chi connectivity index (χ1) is 20.8. The average Bonchev–Trinajstić information content (AvgIpc) is 3.05. The van der Waals surface area contributed by atoms with Gasteiger partial charge in [-0.1, -0.05) is 121 Å². The van der Waals surface area contributed by atoms with Crippen LogP contribution < -0.4 is 0 Å². The summed E-state index contributed by atoms with van der Waals surface area (Å²) in [7, 11) is 0. The van der Waals surface area contributed by atoms with Crippen LogP contribution in [0.4, 0.5) is 0 Å². The Morgan fingerprint density at radius 3 is 1.21 bits per heavy atom. The zero-order valence-electron chi connectivity index (χ0n) is 23.0. The zero-order chi connectivity index (χ0) is 27.6. The Kier molecular flexibility index (Phi) is 5.00. The van der Waals surface area contributed by atoms with Crippen molar-refractivity contribution in [2.75, 3.05) is 0 Å². The van der Waals surface area contributed by atoms with Gasteiger partial charge in [-0.05, 0) is 123 Å². The van der Waals surface area contributed by atoms with Gasteiger partial charge in [0.1, 0.15) is 0 Å². The molecule has 0 aliphatic carbocycles. The third-order valence-electron chi connectivity index (χ3n) is 8.93. The summed E-state index contributed by atoms with van der Waals surface area (Å²) in [6.07, 6.45) is 0. The van der Waals surface area contributed by atoms with Gasteiger partial charge in [-0.3, -0.25) is 0 Å². The highest BCUT2D eigenvalue weighted by Crippen LogP contribution is 2.47. The maximum Gasteiger partial charge on any atom is -0.00259 e. The van der Waals surface area contributed by atoms with Gasteiger partial charge >= 0.3 is 0 Å². The van der Waals surface area contributed by atoms with Crippen molar-refractivity contribution < 1.29 is 0 Å². The highest BCUT2D eigenvalue weighted by Gasteiger charge is 2.19. The van der Waals surface area contributed by atoms with Crippen LogP contribution in [0, 0.1) is 0 Å². The normalized spacial score (nSPS) is 11.8. The number of hydrogen-bond donors (Lipinski definition) is 0. The molecule has 0 atom stereocenters. The molecule has 0 nitrogen and oxygen atoms in total. The van der Waals surface area contributed by atoms with Gasteiger partial charge in [0, 0.05) is 0 Å². The largest absolute Gasteiger partial charge is 0.0622 e. The first-order valence-corrected chi connectivity index (χ1v) is 14.6. The van der Waals surface area contributed by atoms with Crippen LogP contribution in [0.3, 0.4) is 0 Å². The third-order valence-corrected chi connectivity index (χ3v) is 8.93. The maximum absolute atomic E-state index is 2.45. The summed E-state index contributed by atoms with van der Waals surface area (Å²) in [6.45, 7) is 0. The van der Waals surface area contributed by atoms with Crippen LogP contribution >= 0.6 is 0 Å². The molecule has 0 spiro atoms. The SMILES string of the molecule is c1ccc(-c2c3cc4cc5ccccc5cc4cc3c(-c3ccccc3)c3cc4c(ccc5ccccc54)cc23)cc1. The van der Waals surface area contributed by atoms with Crippen LogP contribution in [0.25, 0.3) is 86.9 Å². The molecule has 0 amide bonds. The Bertz CT molecular complexity index is 2470. The van der Waals surface area contributed by atoms with Gasteiger partial charge in [-0.15, -0.1) is 0 Å². The van der Waals surface area contributed by atoms with E-state index >= 15 is 0 Å². The molecule has 0 saturated carbocycles. The van der Waals surface area contributed by atoms with Crippen molar-refractivity contribution >= 4 is 64.6 Å². The molecule has 0 fully saturated rings. The van der Waals surface area contributed by atoms with E-state index < -0.39 is 0 Å². The highest BCUT2D eigenvalue weighted by atomic mass is 14.2. The van der Waals surface area contributed by atoms with Gasteiger partial charge in [0.15, 0.2) is 0 Å². The lowest BCUT2D eigenvalue weighted by Gasteiger charge is -2.20. The molecule has 0 aromatic heterocycles. The fourth-order valence-corrected chi connectivity index (χ4v) is 7.00.